The number of primary amides is 1. The number of nitrogens with zero attached hydrogens (tertiary/aromatic N) is 8. The molecule has 10 aromatic rings. The SMILES string of the molecule is COc1cc(CNc2nc(-c3cccc(C4Cc5c(cnn5CCO)C(Nc5nc(-c6ccccn6)nc6scc(-c7ccccc7)c56)C4)n3)nc3scc(-c4ccccc4)c23)ccc1OCC(N)=O. The van der Waals surface area contributed by atoms with E-state index in [-0.39, 0.29) is 25.2 Å². The van der Waals surface area contributed by atoms with Gasteiger partial charge in [-0.15, -0.1) is 22.7 Å². The predicted molar refractivity (Wildman–Crippen MR) is 274 cm³/mol. The lowest BCUT2D eigenvalue weighted by molar-refractivity contribution is -0.119. The fourth-order valence-electron chi connectivity index (χ4n) is 9.06. The second kappa shape index (κ2) is 19.5. The maximum absolute atomic E-state index is 11.4. The zero-order valence-corrected chi connectivity index (χ0v) is 39.5. The zero-order valence-electron chi connectivity index (χ0n) is 37.8. The first-order valence-electron chi connectivity index (χ1n) is 22.7. The van der Waals surface area contributed by atoms with Crippen molar-refractivity contribution in [2.45, 2.75) is 37.9 Å². The summed E-state index contributed by atoms with van der Waals surface area (Å²) in [6.45, 7) is 0.456. The number of benzene rings is 3. The Labute approximate surface area is 410 Å². The van der Waals surface area contributed by atoms with Crippen molar-refractivity contribution in [3.8, 4) is 56.8 Å². The number of pyridine rings is 2. The Morgan fingerprint density at radius 3 is 2.16 bits per heavy atom. The molecule has 15 nitrogen and oxygen atoms in total. The average molecular weight is 964 g/mol. The lowest BCUT2D eigenvalue weighted by Gasteiger charge is -2.31. The summed E-state index contributed by atoms with van der Waals surface area (Å²) in [6, 6.07) is 37.6. The number of ether oxygens (including phenoxy) is 2. The monoisotopic (exact) mass is 963 g/mol. The van der Waals surface area contributed by atoms with E-state index in [2.05, 4.69) is 56.7 Å². The van der Waals surface area contributed by atoms with Crippen LogP contribution in [0.15, 0.2) is 138 Å². The number of anilines is 2. The molecule has 17 heteroatoms. The van der Waals surface area contributed by atoms with Crippen LogP contribution in [0.2, 0.25) is 0 Å². The summed E-state index contributed by atoms with van der Waals surface area (Å²) in [7, 11) is 1.55. The number of aromatic nitrogens is 8. The van der Waals surface area contributed by atoms with Crippen molar-refractivity contribution in [3.63, 3.8) is 0 Å². The summed E-state index contributed by atoms with van der Waals surface area (Å²) in [5, 5.41) is 28.5. The van der Waals surface area contributed by atoms with Gasteiger partial charge in [0.05, 0.1) is 43.3 Å². The summed E-state index contributed by atoms with van der Waals surface area (Å²) in [4.78, 5) is 43.6. The molecule has 7 aromatic heterocycles. The van der Waals surface area contributed by atoms with Crippen LogP contribution >= 0.6 is 22.7 Å². The van der Waals surface area contributed by atoms with E-state index in [9.17, 15) is 9.90 Å². The minimum atomic E-state index is -0.576. The van der Waals surface area contributed by atoms with Crippen molar-refractivity contribution in [3.05, 3.63) is 161 Å². The molecule has 3 aromatic carbocycles. The molecule has 0 saturated carbocycles. The highest BCUT2D eigenvalue weighted by Gasteiger charge is 2.33. The summed E-state index contributed by atoms with van der Waals surface area (Å²) in [5.41, 5.74) is 14.7. The van der Waals surface area contributed by atoms with Crippen molar-refractivity contribution in [1.82, 2.24) is 39.7 Å². The molecule has 11 rings (SSSR count). The number of hydrogen-bond donors (Lipinski definition) is 4. The first-order chi connectivity index (χ1) is 34.4. The highest BCUT2D eigenvalue weighted by atomic mass is 32.1. The number of rotatable bonds is 16. The van der Waals surface area contributed by atoms with Crippen LogP contribution in [0.25, 0.3) is 65.7 Å². The Morgan fingerprint density at radius 1 is 0.786 bits per heavy atom. The summed E-state index contributed by atoms with van der Waals surface area (Å²) >= 11 is 3.14. The highest BCUT2D eigenvalue weighted by Crippen LogP contribution is 2.44. The standard InChI is InChI=1S/C53H45N11O4S2/c1-67-44-23-31(18-19-43(44)68-28-45(54)66)26-56-50-46-36(32-11-4-2-5-12-32)29-69-52(46)63-49(60-50)40-17-10-16-38(58-40)34-24-41(35-27-57-64(21-22-65)42(35)25-34)59-51-47-37(33-13-6-3-7-14-33)30-70-53(47)62-48(61-51)39-15-8-9-20-55-39/h2-20,23,27,29-30,34,41,65H,21-22,24-26,28H2,1H3,(H2,54,66)(H,56,60,63)(H,59,61,62). The van der Waals surface area contributed by atoms with Gasteiger partial charge in [0, 0.05) is 57.5 Å². The maximum atomic E-state index is 11.4. The normalized spacial score (nSPS) is 14.4. The molecular formula is C53H45N11O4S2. The molecule has 1 amide bonds. The van der Waals surface area contributed by atoms with Crippen LogP contribution in [0.3, 0.4) is 0 Å². The molecule has 7 heterocycles. The molecular weight excluding hydrogens is 919 g/mol. The summed E-state index contributed by atoms with van der Waals surface area (Å²) < 4.78 is 13.1. The summed E-state index contributed by atoms with van der Waals surface area (Å²) in [5.74, 6) is 2.65. The highest BCUT2D eigenvalue weighted by molar-refractivity contribution is 7.17. The molecule has 0 fully saturated rings. The van der Waals surface area contributed by atoms with E-state index in [4.69, 9.17) is 45.2 Å². The van der Waals surface area contributed by atoms with Crippen molar-refractivity contribution in [2.75, 3.05) is 31.0 Å². The van der Waals surface area contributed by atoms with Crippen LogP contribution in [-0.4, -0.2) is 71.0 Å². The molecule has 1 aliphatic rings. The third kappa shape index (κ3) is 8.88. The molecule has 2 atom stereocenters. The van der Waals surface area contributed by atoms with Crippen LogP contribution in [-0.2, 0) is 24.3 Å². The maximum Gasteiger partial charge on any atom is 0.255 e. The number of carbonyl (C=O) groups is 1. The molecule has 0 radical (unpaired) electrons. The van der Waals surface area contributed by atoms with Crippen molar-refractivity contribution in [2.24, 2.45) is 5.73 Å². The van der Waals surface area contributed by atoms with Crippen LogP contribution in [0.4, 0.5) is 11.6 Å². The first kappa shape index (κ1) is 44.4. The number of aliphatic hydroxyl groups excluding tert-OH is 1. The first-order valence-corrected chi connectivity index (χ1v) is 24.5. The fourth-order valence-corrected chi connectivity index (χ4v) is 11.0. The van der Waals surface area contributed by atoms with E-state index in [0.717, 1.165) is 65.2 Å². The summed E-state index contributed by atoms with van der Waals surface area (Å²) in [6.07, 6.45) is 5.00. The van der Waals surface area contributed by atoms with Gasteiger partial charge in [0.25, 0.3) is 5.91 Å². The number of aliphatic hydroxyl groups is 1. The molecule has 5 N–H and O–H groups in total. The molecule has 348 valence electrons. The number of methoxy groups -OCH3 is 1. The Kier molecular flexibility index (Phi) is 12.3. The third-order valence-corrected chi connectivity index (χ3v) is 14.1. The van der Waals surface area contributed by atoms with Gasteiger partial charge in [-0.3, -0.25) is 14.5 Å². The van der Waals surface area contributed by atoms with Gasteiger partial charge in [-0.25, -0.2) is 24.9 Å². The van der Waals surface area contributed by atoms with E-state index >= 15 is 0 Å². The van der Waals surface area contributed by atoms with Gasteiger partial charge in [0.1, 0.15) is 32.7 Å². The number of nitrogens with two attached hydrogens (primary N) is 1. The number of carbonyl (C=O) groups excluding carboxylic acids is 1. The van der Waals surface area contributed by atoms with Crippen molar-refractivity contribution >= 4 is 60.6 Å². The smallest absolute Gasteiger partial charge is 0.255 e. The Bertz CT molecular complexity index is 3490. The van der Waals surface area contributed by atoms with Gasteiger partial charge in [-0.05, 0) is 65.9 Å². The molecule has 1 aliphatic carbocycles. The fraction of sp³-hybridized carbons (Fsp3) is 0.170. The Balaban J connectivity index is 0.957. The van der Waals surface area contributed by atoms with E-state index in [1.807, 2.05) is 89.7 Å². The number of fused-ring (bicyclic) bond motifs is 3. The largest absolute Gasteiger partial charge is 0.493 e. The minimum absolute atomic E-state index is 0.0466. The Hall–Kier alpha value is -8.12. The third-order valence-electron chi connectivity index (χ3n) is 12.3. The molecule has 0 spiro atoms. The Morgan fingerprint density at radius 2 is 1.47 bits per heavy atom. The molecule has 0 bridgehead atoms. The second-order valence-electron chi connectivity index (χ2n) is 16.8. The molecule has 2 unspecified atom stereocenters. The number of amides is 1. The van der Waals surface area contributed by atoms with Crippen LogP contribution in [0.1, 0.15) is 40.9 Å². The zero-order chi connectivity index (χ0) is 47.6. The van der Waals surface area contributed by atoms with Crippen LogP contribution < -0.4 is 25.8 Å². The van der Waals surface area contributed by atoms with E-state index < -0.39 is 5.91 Å². The number of hydrogen-bond acceptors (Lipinski definition) is 15. The molecule has 0 aliphatic heterocycles. The van der Waals surface area contributed by atoms with Gasteiger partial charge in [-0.1, -0.05) is 78.9 Å². The van der Waals surface area contributed by atoms with Gasteiger partial charge in [0.2, 0.25) is 0 Å². The second-order valence-corrected chi connectivity index (χ2v) is 18.5. The van der Waals surface area contributed by atoms with E-state index in [1.165, 1.54) is 0 Å². The predicted octanol–water partition coefficient (Wildman–Crippen LogP) is 9.71. The molecule has 0 saturated heterocycles. The van der Waals surface area contributed by atoms with Crippen LogP contribution in [0.5, 0.6) is 11.5 Å². The van der Waals surface area contributed by atoms with Crippen molar-refractivity contribution < 1.29 is 19.4 Å². The van der Waals surface area contributed by atoms with E-state index in [1.54, 1.807) is 42.0 Å². The number of nitrogens with one attached hydrogen (secondary N) is 2. The van der Waals surface area contributed by atoms with Gasteiger partial charge in [0.15, 0.2) is 29.8 Å². The number of thiophene rings is 2. The average Bonchev–Trinajstić information content (AvgIpc) is 4.16. The lowest BCUT2D eigenvalue weighted by Crippen LogP contribution is -2.25. The molecule has 70 heavy (non-hydrogen) atoms. The van der Waals surface area contributed by atoms with Gasteiger partial charge in [-0.2, -0.15) is 5.10 Å². The quantitative estimate of drug-likeness (QED) is 0.0714. The topological polar surface area (TPSA) is 201 Å². The minimum Gasteiger partial charge on any atom is -0.493 e. The van der Waals surface area contributed by atoms with Crippen LogP contribution in [0, 0.1) is 0 Å². The lowest BCUT2D eigenvalue weighted by atomic mass is 9.82. The van der Waals surface area contributed by atoms with Gasteiger partial charge < -0.3 is 30.9 Å². The van der Waals surface area contributed by atoms with E-state index in [0.29, 0.717) is 72.1 Å². The van der Waals surface area contributed by atoms with Gasteiger partial charge >= 0.3 is 0 Å². The van der Waals surface area contributed by atoms with Crippen molar-refractivity contribution in [1.29, 1.82) is 0 Å².